The highest BCUT2D eigenvalue weighted by molar-refractivity contribution is 5.85. The molecule has 4 aliphatic rings. The molecule has 0 spiro atoms. The van der Waals surface area contributed by atoms with Crippen molar-refractivity contribution in [2.75, 3.05) is 26.4 Å². The van der Waals surface area contributed by atoms with E-state index in [2.05, 4.69) is 88.4 Å². The van der Waals surface area contributed by atoms with Crippen LogP contribution in [0.4, 0.5) is 0 Å². The smallest absolute Gasteiger partial charge is 0.153 e. The quantitative estimate of drug-likeness (QED) is 0.0295. The molecular weight excluding hydrogens is 793 g/mol. The van der Waals surface area contributed by atoms with Crippen molar-refractivity contribution in [1.29, 1.82) is 0 Å². The van der Waals surface area contributed by atoms with Gasteiger partial charge in [-0.05, 0) is 109 Å². The molecule has 344 valence electrons. The minimum Gasteiger partial charge on any atom is -0.493 e. The Morgan fingerprint density at radius 3 is 1.00 bits per heavy atom. The van der Waals surface area contributed by atoms with Crippen molar-refractivity contribution in [1.82, 2.24) is 0 Å². The van der Waals surface area contributed by atoms with Crippen LogP contribution in [0.15, 0.2) is 60.7 Å². The van der Waals surface area contributed by atoms with E-state index in [0.29, 0.717) is 49.1 Å². The van der Waals surface area contributed by atoms with Gasteiger partial charge in [-0.25, -0.2) is 0 Å². The van der Waals surface area contributed by atoms with Crippen LogP contribution >= 0.6 is 0 Å². The van der Waals surface area contributed by atoms with Crippen molar-refractivity contribution in [3.63, 3.8) is 0 Å². The molecule has 0 fully saturated rings. The second kappa shape index (κ2) is 28.6. The van der Waals surface area contributed by atoms with E-state index in [1.807, 2.05) is 24.3 Å². The maximum absolute atomic E-state index is 12.2. The molecule has 4 bridgehead atoms. The van der Waals surface area contributed by atoms with Gasteiger partial charge in [0.2, 0.25) is 0 Å². The first-order valence-corrected chi connectivity index (χ1v) is 24.9. The average Bonchev–Trinajstić information content (AvgIpc) is 3.31. The van der Waals surface area contributed by atoms with E-state index in [9.17, 15) is 9.59 Å². The molecule has 0 heterocycles. The molecule has 4 aromatic carbocycles. The SMILES string of the molecule is CCCCCCOc1cc(/C=C/c2cc3ccc2CCc2ccc(c(/C=C/c4cc(OCCCCCC)c(C=O)cc4OCCCCCC)c2)CC3)c(OCCCCCC)cc1C=O. The number of aldehydes is 2. The Hall–Kier alpha value is -5.10. The van der Waals surface area contributed by atoms with Crippen LogP contribution in [0.5, 0.6) is 23.0 Å². The van der Waals surface area contributed by atoms with Gasteiger partial charge in [0.05, 0.1) is 37.6 Å². The van der Waals surface area contributed by atoms with Crippen LogP contribution in [-0.4, -0.2) is 39.0 Å². The highest BCUT2D eigenvalue weighted by atomic mass is 16.5. The van der Waals surface area contributed by atoms with E-state index in [0.717, 1.165) is 112 Å². The largest absolute Gasteiger partial charge is 0.493 e. The lowest BCUT2D eigenvalue weighted by Crippen LogP contribution is -2.04. The van der Waals surface area contributed by atoms with Gasteiger partial charge in [0.15, 0.2) is 12.6 Å². The minimum absolute atomic E-state index is 0.530. The molecule has 8 rings (SSSR count). The van der Waals surface area contributed by atoms with Crippen molar-refractivity contribution >= 4 is 36.9 Å². The summed E-state index contributed by atoms with van der Waals surface area (Å²) < 4.78 is 25.1. The summed E-state index contributed by atoms with van der Waals surface area (Å²) >= 11 is 0. The van der Waals surface area contributed by atoms with Gasteiger partial charge in [0.25, 0.3) is 0 Å². The van der Waals surface area contributed by atoms with Gasteiger partial charge in [0.1, 0.15) is 23.0 Å². The second-order valence-corrected chi connectivity index (χ2v) is 17.5. The summed E-state index contributed by atoms with van der Waals surface area (Å²) in [6.07, 6.45) is 31.8. The number of carbonyl (C=O) groups excluding carboxylic acids is 2. The minimum atomic E-state index is 0.530. The fourth-order valence-corrected chi connectivity index (χ4v) is 8.25. The van der Waals surface area contributed by atoms with Crippen molar-refractivity contribution in [3.8, 4) is 23.0 Å². The number of hydrogen-bond donors (Lipinski definition) is 0. The summed E-state index contributed by atoms with van der Waals surface area (Å²) in [7, 11) is 0. The Balaban J connectivity index is 1.39. The molecule has 0 radical (unpaired) electrons. The molecule has 0 atom stereocenters. The van der Waals surface area contributed by atoms with Crippen LogP contribution in [-0.2, 0) is 25.7 Å². The second-order valence-electron chi connectivity index (χ2n) is 17.5. The van der Waals surface area contributed by atoms with Crippen LogP contribution in [0.25, 0.3) is 24.3 Å². The first kappa shape index (κ1) is 49.9. The lowest BCUT2D eigenvalue weighted by atomic mass is 9.90. The maximum Gasteiger partial charge on any atom is 0.153 e. The first-order chi connectivity index (χ1) is 31.5. The average molecular weight is 869 g/mol. The van der Waals surface area contributed by atoms with Gasteiger partial charge < -0.3 is 18.9 Å². The summed E-state index contributed by atoms with van der Waals surface area (Å²) in [5.74, 6) is 2.67. The van der Waals surface area contributed by atoms with E-state index in [-0.39, 0.29) is 0 Å². The molecule has 0 aliphatic heterocycles. The predicted octanol–water partition coefficient (Wildman–Crippen LogP) is 15.4. The van der Waals surface area contributed by atoms with Crippen LogP contribution in [0.2, 0.25) is 0 Å². The molecule has 0 unspecified atom stereocenters. The lowest BCUT2D eigenvalue weighted by molar-refractivity contribution is 0.111. The molecule has 0 amide bonds. The predicted molar refractivity (Wildman–Crippen MR) is 268 cm³/mol. The topological polar surface area (TPSA) is 71.1 Å². The van der Waals surface area contributed by atoms with Gasteiger partial charge in [-0.3, -0.25) is 9.59 Å². The molecule has 0 aromatic heterocycles. The van der Waals surface area contributed by atoms with Crippen molar-refractivity contribution in [2.24, 2.45) is 0 Å². The van der Waals surface area contributed by atoms with E-state index < -0.39 is 0 Å². The van der Waals surface area contributed by atoms with E-state index >= 15 is 0 Å². The van der Waals surface area contributed by atoms with E-state index in [4.69, 9.17) is 18.9 Å². The molecule has 6 nitrogen and oxygen atoms in total. The Labute approximate surface area is 385 Å². The molecule has 6 heteroatoms. The van der Waals surface area contributed by atoms with Gasteiger partial charge in [-0.1, -0.05) is 165 Å². The highest BCUT2D eigenvalue weighted by Gasteiger charge is 2.15. The summed E-state index contributed by atoms with van der Waals surface area (Å²) in [6, 6.07) is 21.5. The monoisotopic (exact) mass is 869 g/mol. The Bertz CT molecular complexity index is 1940. The number of carbonyl (C=O) groups is 2. The van der Waals surface area contributed by atoms with Crippen LogP contribution in [0.1, 0.15) is 196 Å². The number of benzene rings is 4. The molecule has 64 heavy (non-hydrogen) atoms. The zero-order chi connectivity index (χ0) is 45.2. The molecule has 0 saturated carbocycles. The van der Waals surface area contributed by atoms with E-state index in [1.54, 1.807) is 0 Å². The van der Waals surface area contributed by atoms with Gasteiger partial charge in [-0.2, -0.15) is 0 Å². The third-order valence-electron chi connectivity index (χ3n) is 12.2. The molecular formula is C58H76O6. The van der Waals surface area contributed by atoms with Gasteiger partial charge in [0, 0.05) is 11.1 Å². The first-order valence-electron chi connectivity index (χ1n) is 24.9. The molecule has 0 saturated heterocycles. The van der Waals surface area contributed by atoms with Gasteiger partial charge >= 0.3 is 0 Å². The molecule has 4 aliphatic carbocycles. The summed E-state index contributed by atoms with van der Waals surface area (Å²) in [4.78, 5) is 24.5. The van der Waals surface area contributed by atoms with Crippen molar-refractivity contribution in [2.45, 2.75) is 156 Å². The number of hydrogen-bond acceptors (Lipinski definition) is 6. The zero-order valence-corrected chi connectivity index (χ0v) is 39.7. The Morgan fingerprint density at radius 2 is 0.672 bits per heavy atom. The number of unbranched alkanes of at least 4 members (excludes halogenated alkanes) is 12. The maximum atomic E-state index is 12.2. The number of rotatable bonds is 30. The molecule has 4 aromatic rings. The Morgan fingerprint density at radius 1 is 0.359 bits per heavy atom. The summed E-state index contributed by atoms with van der Waals surface area (Å²) in [5.41, 5.74) is 10.5. The van der Waals surface area contributed by atoms with Crippen molar-refractivity contribution < 1.29 is 28.5 Å². The third-order valence-corrected chi connectivity index (χ3v) is 12.2. The lowest BCUT2D eigenvalue weighted by Gasteiger charge is -2.16. The number of aryl methyl sites for hydroxylation is 4. The molecule has 0 N–H and O–H groups in total. The number of ether oxygens (including phenoxy) is 4. The van der Waals surface area contributed by atoms with Crippen LogP contribution in [0.3, 0.4) is 0 Å². The van der Waals surface area contributed by atoms with Crippen molar-refractivity contribution in [3.05, 3.63) is 116 Å². The fraction of sp³-hybridized carbons (Fsp3) is 0.483. The summed E-state index contributed by atoms with van der Waals surface area (Å²) in [5, 5.41) is 0. The highest BCUT2D eigenvalue weighted by Crippen LogP contribution is 2.33. The van der Waals surface area contributed by atoms with Gasteiger partial charge in [-0.15, -0.1) is 0 Å². The van der Waals surface area contributed by atoms with Crippen LogP contribution < -0.4 is 18.9 Å². The standard InChI is InChI=1S/C58H76O6/c1-5-9-13-17-33-61-55-41-53(43-59)57(63-35-19-15-11-7-3)39-51(55)31-29-49-37-45-21-25-47(49)27-23-46-22-26-48(28-24-45)50(38-46)30-32-52-40-58(64-36-20-16-12-8-4)54(44-60)42-56(52)62-34-18-14-10-6-2/h21-22,25-26,29-32,37-44H,5-20,23-24,27-28,33-36H2,1-4H3/b31-29+,32-30+. The van der Waals surface area contributed by atoms with Crippen LogP contribution in [0, 0.1) is 0 Å². The Kier molecular flexibility index (Phi) is 22.3. The van der Waals surface area contributed by atoms with E-state index in [1.165, 1.54) is 84.7 Å². The fourth-order valence-electron chi connectivity index (χ4n) is 8.25. The zero-order valence-electron chi connectivity index (χ0n) is 39.7. The summed E-state index contributed by atoms with van der Waals surface area (Å²) in [6.45, 7) is 11.2. The third kappa shape index (κ3) is 16.2. The normalized spacial score (nSPS) is 12.4.